The first-order valence-corrected chi connectivity index (χ1v) is 8.07. The zero-order valence-electron chi connectivity index (χ0n) is 10.8. The van der Waals surface area contributed by atoms with Gasteiger partial charge in [0.05, 0.1) is 0 Å². The smallest absolute Gasteiger partial charge is 0.317 e. The molecule has 2 nitrogen and oxygen atoms in total. The van der Waals surface area contributed by atoms with Crippen LogP contribution in [-0.4, -0.2) is 16.3 Å². The van der Waals surface area contributed by atoms with E-state index in [4.69, 9.17) is 11.6 Å². The number of hydrogen-bond acceptors (Lipinski definition) is 2. The van der Waals surface area contributed by atoms with Gasteiger partial charge in [0.2, 0.25) is 0 Å². The molecule has 4 heteroatoms. The van der Waals surface area contributed by atoms with Crippen LogP contribution < -0.4 is 0 Å². The summed E-state index contributed by atoms with van der Waals surface area (Å²) in [6.07, 6.45) is 6.89. The maximum absolute atomic E-state index is 11.5. The number of thioether (sulfide) groups is 1. The highest BCUT2D eigenvalue weighted by molar-refractivity contribution is 8.00. The fourth-order valence-electron chi connectivity index (χ4n) is 2.62. The Balaban J connectivity index is 2.06. The van der Waals surface area contributed by atoms with Gasteiger partial charge in [-0.15, -0.1) is 11.8 Å². The predicted octanol–water partition coefficient (Wildman–Crippen LogP) is 4.86. The molecular weight excluding hydrogens is 280 g/mol. The van der Waals surface area contributed by atoms with E-state index in [-0.39, 0.29) is 5.25 Å². The van der Waals surface area contributed by atoms with Crippen LogP contribution in [0, 0.1) is 5.92 Å². The van der Waals surface area contributed by atoms with Crippen molar-refractivity contribution in [2.75, 3.05) is 0 Å². The molecule has 0 radical (unpaired) electrons. The maximum atomic E-state index is 11.5. The van der Waals surface area contributed by atoms with Crippen LogP contribution in [0.1, 0.15) is 38.5 Å². The highest BCUT2D eigenvalue weighted by Crippen LogP contribution is 2.36. The van der Waals surface area contributed by atoms with E-state index in [9.17, 15) is 9.90 Å². The zero-order valence-corrected chi connectivity index (χ0v) is 12.4. The van der Waals surface area contributed by atoms with Crippen LogP contribution in [0.15, 0.2) is 29.2 Å². The predicted molar refractivity (Wildman–Crippen MR) is 79.9 cm³/mol. The molecule has 0 amide bonds. The molecule has 1 aromatic rings. The van der Waals surface area contributed by atoms with Gasteiger partial charge < -0.3 is 5.11 Å². The van der Waals surface area contributed by atoms with Crippen LogP contribution in [0.5, 0.6) is 0 Å². The lowest BCUT2D eigenvalue weighted by Gasteiger charge is -2.22. The van der Waals surface area contributed by atoms with Crippen LogP contribution in [-0.2, 0) is 4.79 Å². The van der Waals surface area contributed by atoms with Crippen LogP contribution in [0.3, 0.4) is 0 Å². The molecule has 2 rings (SSSR count). The third kappa shape index (κ3) is 4.43. The molecule has 1 aliphatic rings. The molecule has 0 aromatic heterocycles. The quantitative estimate of drug-likeness (QED) is 0.637. The Morgan fingerprint density at radius 2 is 1.74 bits per heavy atom. The highest BCUT2D eigenvalue weighted by Gasteiger charge is 2.29. The number of carboxylic acid groups (broad SMARTS) is 1. The number of rotatable bonds is 4. The molecule has 1 fully saturated rings. The second kappa shape index (κ2) is 7.20. The van der Waals surface area contributed by atoms with Crippen molar-refractivity contribution in [2.45, 2.75) is 48.7 Å². The summed E-state index contributed by atoms with van der Waals surface area (Å²) in [5.41, 5.74) is 0. The third-order valence-electron chi connectivity index (χ3n) is 3.65. The highest BCUT2D eigenvalue weighted by atomic mass is 35.5. The van der Waals surface area contributed by atoms with Gasteiger partial charge in [0.1, 0.15) is 5.25 Å². The molecule has 1 aliphatic carbocycles. The van der Waals surface area contributed by atoms with Crippen molar-refractivity contribution in [3.8, 4) is 0 Å². The molecule has 1 N–H and O–H groups in total. The summed E-state index contributed by atoms with van der Waals surface area (Å²) < 4.78 is 0. The van der Waals surface area contributed by atoms with Crippen LogP contribution in [0.4, 0.5) is 0 Å². The number of carbonyl (C=O) groups is 1. The molecule has 1 saturated carbocycles. The van der Waals surface area contributed by atoms with Crippen LogP contribution >= 0.6 is 23.4 Å². The minimum atomic E-state index is -0.688. The van der Waals surface area contributed by atoms with Crippen molar-refractivity contribution in [2.24, 2.45) is 5.92 Å². The van der Waals surface area contributed by atoms with E-state index in [0.29, 0.717) is 10.9 Å². The fourth-order valence-corrected chi connectivity index (χ4v) is 3.90. The molecule has 19 heavy (non-hydrogen) atoms. The molecule has 1 aromatic carbocycles. The van der Waals surface area contributed by atoms with Crippen LogP contribution in [0.2, 0.25) is 5.02 Å². The standard InChI is InChI=1S/C15H19ClO2S/c16-12-7-9-13(10-8-12)19-14(15(17)18)11-5-3-1-2-4-6-11/h7-11,14H,1-6H2,(H,17,18). The van der Waals surface area contributed by atoms with Crippen molar-refractivity contribution < 1.29 is 9.90 Å². The van der Waals surface area contributed by atoms with Gasteiger partial charge in [-0.25, -0.2) is 0 Å². The molecule has 1 atom stereocenters. The Labute approximate surface area is 123 Å². The largest absolute Gasteiger partial charge is 0.480 e. The maximum Gasteiger partial charge on any atom is 0.317 e. The summed E-state index contributed by atoms with van der Waals surface area (Å²) in [7, 11) is 0. The molecule has 0 heterocycles. The first-order valence-electron chi connectivity index (χ1n) is 6.82. The fraction of sp³-hybridized carbons (Fsp3) is 0.533. The molecule has 0 saturated heterocycles. The van der Waals surface area contributed by atoms with Gasteiger partial charge >= 0.3 is 5.97 Å². The van der Waals surface area contributed by atoms with Gasteiger partial charge in [-0.2, -0.15) is 0 Å². The lowest BCUT2D eigenvalue weighted by atomic mass is 9.96. The van der Waals surface area contributed by atoms with E-state index in [2.05, 4.69) is 0 Å². The van der Waals surface area contributed by atoms with Gasteiger partial charge in [0, 0.05) is 9.92 Å². The Hall–Kier alpha value is -0.670. The number of hydrogen-bond donors (Lipinski definition) is 1. The second-order valence-electron chi connectivity index (χ2n) is 5.08. The summed E-state index contributed by atoms with van der Waals surface area (Å²) >= 11 is 7.32. The van der Waals surface area contributed by atoms with E-state index in [1.807, 2.05) is 24.3 Å². The summed E-state index contributed by atoms with van der Waals surface area (Å²) in [6.45, 7) is 0. The molecule has 104 valence electrons. The van der Waals surface area contributed by atoms with Crippen molar-refractivity contribution in [1.82, 2.24) is 0 Å². The third-order valence-corrected chi connectivity index (χ3v) is 5.28. The Bertz CT molecular complexity index is 411. The average molecular weight is 299 g/mol. The summed E-state index contributed by atoms with van der Waals surface area (Å²) in [5, 5.41) is 9.84. The Morgan fingerprint density at radius 3 is 2.26 bits per heavy atom. The Morgan fingerprint density at radius 1 is 1.16 bits per heavy atom. The van der Waals surface area contributed by atoms with E-state index in [1.165, 1.54) is 24.6 Å². The van der Waals surface area contributed by atoms with E-state index >= 15 is 0 Å². The van der Waals surface area contributed by atoms with Gasteiger partial charge in [-0.3, -0.25) is 4.79 Å². The van der Waals surface area contributed by atoms with Crippen molar-refractivity contribution in [1.29, 1.82) is 0 Å². The summed E-state index contributed by atoms with van der Waals surface area (Å²) in [4.78, 5) is 12.5. The molecular formula is C15H19ClO2S. The average Bonchev–Trinajstić information content (AvgIpc) is 2.66. The van der Waals surface area contributed by atoms with E-state index < -0.39 is 5.97 Å². The van der Waals surface area contributed by atoms with Gasteiger partial charge in [0.25, 0.3) is 0 Å². The van der Waals surface area contributed by atoms with Crippen molar-refractivity contribution >= 4 is 29.3 Å². The molecule has 1 unspecified atom stereocenters. The van der Waals surface area contributed by atoms with E-state index in [1.54, 1.807) is 0 Å². The normalized spacial score (nSPS) is 18.8. The van der Waals surface area contributed by atoms with E-state index in [0.717, 1.165) is 30.6 Å². The summed E-state index contributed by atoms with van der Waals surface area (Å²) in [6, 6.07) is 7.44. The van der Waals surface area contributed by atoms with Crippen molar-refractivity contribution in [3.63, 3.8) is 0 Å². The molecule has 0 bridgehead atoms. The SMILES string of the molecule is O=C(O)C(Sc1ccc(Cl)cc1)C1CCCCCC1. The Kier molecular flexibility index (Phi) is 5.59. The number of aliphatic carboxylic acids is 1. The van der Waals surface area contributed by atoms with Gasteiger partial charge in [-0.05, 0) is 43.0 Å². The minimum absolute atomic E-state index is 0.292. The van der Waals surface area contributed by atoms with Crippen LogP contribution in [0.25, 0.3) is 0 Å². The lowest BCUT2D eigenvalue weighted by molar-refractivity contribution is -0.137. The van der Waals surface area contributed by atoms with Gasteiger partial charge in [0.15, 0.2) is 0 Å². The first kappa shape index (κ1) is 14.7. The summed E-state index contributed by atoms with van der Waals surface area (Å²) in [5.74, 6) is -0.396. The lowest BCUT2D eigenvalue weighted by Crippen LogP contribution is -2.26. The first-order chi connectivity index (χ1) is 9.16. The minimum Gasteiger partial charge on any atom is -0.480 e. The van der Waals surface area contributed by atoms with Gasteiger partial charge in [-0.1, -0.05) is 37.3 Å². The number of carboxylic acids is 1. The van der Waals surface area contributed by atoms with Crippen molar-refractivity contribution in [3.05, 3.63) is 29.3 Å². The monoisotopic (exact) mass is 298 g/mol. The second-order valence-corrected chi connectivity index (χ2v) is 6.73. The topological polar surface area (TPSA) is 37.3 Å². The zero-order chi connectivity index (χ0) is 13.7. The molecule has 0 aliphatic heterocycles. The number of benzene rings is 1. The number of halogens is 1. The molecule has 0 spiro atoms.